The van der Waals surface area contributed by atoms with E-state index >= 15 is 0 Å². The lowest BCUT2D eigenvalue weighted by atomic mass is 9.93. The fourth-order valence-corrected chi connectivity index (χ4v) is 4.86. The smallest absolute Gasteiger partial charge is 0.417 e. The Bertz CT molecular complexity index is 968. The van der Waals surface area contributed by atoms with Gasteiger partial charge in [0.05, 0.1) is 31.8 Å². The molecule has 0 saturated carbocycles. The summed E-state index contributed by atoms with van der Waals surface area (Å²) in [6.07, 6.45) is -0.605. The highest BCUT2D eigenvalue weighted by atomic mass is 32.2. The molecular weight excluding hydrogens is 442 g/mol. The number of ether oxygens (including phenoxy) is 4. The summed E-state index contributed by atoms with van der Waals surface area (Å²) in [6, 6.07) is 16.6. The van der Waals surface area contributed by atoms with Crippen molar-refractivity contribution < 1.29 is 28.5 Å². The van der Waals surface area contributed by atoms with Crippen LogP contribution >= 0.6 is 11.8 Å². The zero-order valence-electron chi connectivity index (χ0n) is 19.1. The predicted octanol–water partition coefficient (Wildman–Crippen LogP) is 4.37. The van der Waals surface area contributed by atoms with Crippen molar-refractivity contribution in [3.05, 3.63) is 65.7 Å². The molecule has 176 valence electrons. The van der Waals surface area contributed by atoms with Crippen molar-refractivity contribution in [1.82, 2.24) is 4.90 Å². The van der Waals surface area contributed by atoms with Gasteiger partial charge >= 0.3 is 6.09 Å². The highest BCUT2D eigenvalue weighted by molar-refractivity contribution is 8.00. The first-order valence-corrected chi connectivity index (χ1v) is 12.0. The van der Waals surface area contributed by atoms with Crippen molar-refractivity contribution in [2.45, 2.75) is 25.7 Å². The molecule has 0 aromatic heterocycles. The molecule has 33 heavy (non-hydrogen) atoms. The van der Waals surface area contributed by atoms with E-state index in [1.54, 1.807) is 7.11 Å². The second-order valence-electron chi connectivity index (χ2n) is 8.98. The van der Waals surface area contributed by atoms with Crippen LogP contribution in [0.1, 0.15) is 31.0 Å². The number of carbonyl (C=O) groups is 2. The Kier molecular flexibility index (Phi) is 6.97. The molecule has 7 nitrogen and oxygen atoms in total. The van der Waals surface area contributed by atoms with Gasteiger partial charge < -0.3 is 18.9 Å². The lowest BCUT2D eigenvalue weighted by Crippen LogP contribution is -2.47. The van der Waals surface area contributed by atoms with Crippen molar-refractivity contribution in [3.8, 4) is 5.75 Å². The molecule has 2 saturated heterocycles. The molecule has 0 bridgehead atoms. The fraction of sp³-hybridized carbons (Fsp3) is 0.440. The first kappa shape index (κ1) is 23.6. The number of nitrogens with zero attached hydrogens (tertiary/aromatic N) is 1. The predicted molar refractivity (Wildman–Crippen MR) is 125 cm³/mol. The van der Waals surface area contributed by atoms with Crippen LogP contribution in [0.5, 0.6) is 5.75 Å². The van der Waals surface area contributed by atoms with Crippen molar-refractivity contribution in [2.24, 2.45) is 5.41 Å². The van der Waals surface area contributed by atoms with E-state index in [1.165, 1.54) is 16.7 Å². The van der Waals surface area contributed by atoms with Gasteiger partial charge in [-0.2, -0.15) is 0 Å². The van der Waals surface area contributed by atoms with Gasteiger partial charge in [-0.25, -0.2) is 9.69 Å². The third kappa shape index (κ3) is 5.18. The monoisotopic (exact) mass is 471 g/mol. The highest BCUT2D eigenvalue weighted by Crippen LogP contribution is 2.39. The molecule has 2 fully saturated rings. The van der Waals surface area contributed by atoms with E-state index < -0.39 is 17.9 Å². The second kappa shape index (κ2) is 9.75. The minimum Gasteiger partial charge on any atom is -0.497 e. The summed E-state index contributed by atoms with van der Waals surface area (Å²) >= 11 is 1.38. The molecule has 2 aliphatic rings. The molecule has 1 atom stereocenters. The summed E-state index contributed by atoms with van der Waals surface area (Å²) in [5, 5.41) is 0. The van der Waals surface area contributed by atoms with Gasteiger partial charge in [0, 0.05) is 11.0 Å². The van der Waals surface area contributed by atoms with E-state index in [4.69, 9.17) is 18.9 Å². The number of cyclic esters (lactones) is 1. The van der Waals surface area contributed by atoms with E-state index in [0.29, 0.717) is 19.0 Å². The minimum absolute atomic E-state index is 0.0985. The summed E-state index contributed by atoms with van der Waals surface area (Å²) in [4.78, 5) is 26.5. The Hall–Kier alpha value is -2.55. The van der Waals surface area contributed by atoms with Crippen LogP contribution in [0.25, 0.3) is 0 Å². The van der Waals surface area contributed by atoms with Crippen LogP contribution in [-0.4, -0.2) is 55.3 Å². The van der Waals surface area contributed by atoms with E-state index in [2.05, 4.69) is 13.8 Å². The topological polar surface area (TPSA) is 74.3 Å². The zero-order chi connectivity index (χ0) is 23.5. The highest BCUT2D eigenvalue weighted by Gasteiger charge is 2.43. The molecule has 0 unspecified atom stereocenters. The number of benzene rings is 2. The number of amides is 2. The Balaban J connectivity index is 1.45. The molecule has 2 heterocycles. The Morgan fingerprint density at radius 3 is 2.39 bits per heavy atom. The molecule has 0 aliphatic carbocycles. The SMILES string of the molecule is COc1ccc(C2(CSCC(=O)N3C(=O)OC[C@@H]3c3ccccc3)OCC(C)(C)CO2)cc1. The summed E-state index contributed by atoms with van der Waals surface area (Å²) in [7, 11) is 1.62. The molecule has 0 radical (unpaired) electrons. The number of thioether (sulfide) groups is 1. The maximum Gasteiger partial charge on any atom is 0.417 e. The van der Waals surface area contributed by atoms with Gasteiger partial charge in [0.2, 0.25) is 11.7 Å². The molecule has 4 rings (SSSR count). The number of methoxy groups -OCH3 is 1. The van der Waals surface area contributed by atoms with Crippen LogP contribution in [0.15, 0.2) is 54.6 Å². The van der Waals surface area contributed by atoms with E-state index in [1.807, 2.05) is 54.6 Å². The molecule has 2 amide bonds. The first-order valence-electron chi connectivity index (χ1n) is 10.9. The Morgan fingerprint density at radius 1 is 1.09 bits per heavy atom. The third-order valence-corrected chi connectivity index (χ3v) is 6.80. The van der Waals surface area contributed by atoms with Crippen molar-refractivity contribution in [1.29, 1.82) is 0 Å². The van der Waals surface area contributed by atoms with E-state index in [-0.39, 0.29) is 23.7 Å². The fourth-order valence-electron chi connectivity index (χ4n) is 3.85. The van der Waals surface area contributed by atoms with E-state index in [9.17, 15) is 9.59 Å². The Morgan fingerprint density at radius 2 is 1.76 bits per heavy atom. The zero-order valence-corrected chi connectivity index (χ0v) is 19.9. The third-order valence-electron chi connectivity index (χ3n) is 5.77. The quantitative estimate of drug-likeness (QED) is 0.593. The summed E-state index contributed by atoms with van der Waals surface area (Å²) in [5.74, 6) is -0.0198. The minimum atomic E-state index is -0.975. The molecule has 0 spiro atoms. The van der Waals surface area contributed by atoms with Crippen molar-refractivity contribution >= 4 is 23.8 Å². The number of carbonyl (C=O) groups excluding carboxylic acids is 2. The average molecular weight is 472 g/mol. The number of rotatable bonds is 7. The van der Waals surface area contributed by atoms with Crippen LogP contribution in [-0.2, 0) is 24.8 Å². The van der Waals surface area contributed by atoms with Gasteiger partial charge in [-0.1, -0.05) is 44.2 Å². The molecular formula is C25H29NO6S. The first-order chi connectivity index (χ1) is 15.8. The summed E-state index contributed by atoms with van der Waals surface area (Å²) in [6.45, 7) is 5.40. The lowest BCUT2D eigenvalue weighted by molar-refractivity contribution is -0.295. The van der Waals surface area contributed by atoms with Gasteiger partial charge in [0.1, 0.15) is 18.4 Å². The van der Waals surface area contributed by atoms with E-state index in [0.717, 1.165) is 16.9 Å². The van der Waals surface area contributed by atoms with Gasteiger partial charge in [-0.3, -0.25) is 4.79 Å². The number of hydrogen-bond acceptors (Lipinski definition) is 7. The maximum absolute atomic E-state index is 13.0. The summed E-state index contributed by atoms with van der Waals surface area (Å²) in [5.41, 5.74) is 1.64. The standard InChI is InChI=1S/C25H29NO6S/c1-24(2)15-31-25(32-16-24,19-9-11-20(29-3)12-10-19)17-33-14-22(27)26-21(13-30-23(26)28)18-7-5-4-6-8-18/h4-12,21H,13-17H2,1-3H3/t21-/m1/s1. The number of hydrogen-bond donors (Lipinski definition) is 0. The second-order valence-corrected chi connectivity index (χ2v) is 9.97. The molecule has 8 heteroatoms. The molecule has 2 aromatic rings. The molecule has 2 aromatic carbocycles. The molecule has 2 aliphatic heterocycles. The van der Waals surface area contributed by atoms with Crippen LogP contribution in [0.4, 0.5) is 4.79 Å². The van der Waals surface area contributed by atoms with Crippen LogP contribution in [0.2, 0.25) is 0 Å². The van der Waals surface area contributed by atoms with Crippen molar-refractivity contribution in [2.75, 3.05) is 38.4 Å². The van der Waals surface area contributed by atoms with Crippen LogP contribution < -0.4 is 4.74 Å². The maximum atomic E-state index is 13.0. The molecule has 0 N–H and O–H groups in total. The van der Waals surface area contributed by atoms with Crippen molar-refractivity contribution in [3.63, 3.8) is 0 Å². The van der Waals surface area contributed by atoms with Gasteiger partial charge in [0.15, 0.2) is 0 Å². The largest absolute Gasteiger partial charge is 0.497 e. The van der Waals surface area contributed by atoms with Gasteiger partial charge in [-0.05, 0) is 29.8 Å². The van der Waals surface area contributed by atoms with Gasteiger partial charge in [0.25, 0.3) is 0 Å². The average Bonchev–Trinajstić information content (AvgIpc) is 3.22. The lowest BCUT2D eigenvalue weighted by Gasteiger charge is -2.43. The van der Waals surface area contributed by atoms with Gasteiger partial charge in [-0.15, -0.1) is 11.8 Å². The number of imide groups is 1. The van der Waals surface area contributed by atoms with Crippen LogP contribution in [0.3, 0.4) is 0 Å². The normalized spacial score (nSPS) is 21.5. The Labute approximate surface area is 198 Å². The van der Waals surface area contributed by atoms with Crippen LogP contribution in [0, 0.1) is 5.41 Å². The summed E-state index contributed by atoms with van der Waals surface area (Å²) < 4.78 is 23.0.